The highest BCUT2D eigenvalue weighted by Gasteiger charge is 2.37. The van der Waals surface area contributed by atoms with Gasteiger partial charge in [0.15, 0.2) is 5.82 Å². The van der Waals surface area contributed by atoms with Gasteiger partial charge in [-0.1, -0.05) is 11.6 Å². The minimum Gasteiger partial charge on any atom is -0.395 e. The first-order valence-electron chi connectivity index (χ1n) is 5.86. The Labute approximate surface area is 129 Å². The maximum Gasteiger partial charge on any atom is 0.246 e. The number of anilines is 1. The number of sulfonamides is 1. The number of nitrogens with zero attached hydrogens (tertiary/aromatic N) is 1. The lowest BCUT2D eigenvalue weighted by molar-refractivity contribution is 0.213. The van der Waals surface area contributed by atoms with E-state index in [0.29, 0.717) is 12.8 Å². The van der Waals surface area contributed by atoms with E-state index in [9.17, 15) is 17.9 Å². The molecular weight excluding hydrogens is 375 g/mol. The molecule has 112 valence electrons. The van der Waals surface area contributed by atoms with Gasteiger partial charge in [0, 0.05) is 12.6 Å². The Bertz CT molecular complexity index is 641. The molecule has 1 atom stereocenters. The van der Waals surface area contributed by atoms with Crippen LogP contribution in [0.1, 0.15) is 12.8 Å². The molecule has 1 heterocycles. The van der Waals surface area contributed by atoms with Crippen LogP contribution in [0.25, 0.3) is 0 Å². The van der Waals surface area contributed by atoms with Crippen molar-refractivity contribution < 1.29 is 17.9 Å². The fourth-order valence-corrected chi connectivity index (χ4v) is 4.58. The molecule has 1 aromatic rings. The molecule has 0 aliphatic carbocycles. The summed E-state index contributed by atoms with van der Waals surface area (Å²) < 4.78 is 40.3. The van der Waals surface area contributed by atoms with Crippen molar-refractivity contribution in [3.05, 3.63) is 21.4 Å². The molecule has 1 aliphatic rings. The van der Waals surface area contributed by atoms with Crippen LogP contribution in [0.15, 0.2) is 15.4 Å². The van der Waals surface area contributed by atoms with E-state index in [4.69, 9.17) is 17.3 Å². The number of nitrogens with two attached hydrogens (primary N) is 1. The van der Waals surface area contributed by atoms with Crippen molar-refractivity contribution in [3.63, 3.8) is 0 Å². The van der Waals surface area contributed by atoms with E-state index < -0.39 is 26.8 Å². The minimum atomic E-state index is -4.08. The van der Waals surface area contributed by atoms with Gasteiger partial charge in [0.25, 0.3) is 0 Å². The van der Waals surface area contributed by atoms with Crippen molar-refractivity contribution in [2.24, 2.45) is 0 Å². The summed E-state index contributed by atoms with van der Waals surface area (Å²) in [5.74, 6) is -1.04. The second-order valence-electron chi connectivity index (χ2n) is 4.49. The molecule has 1 aromatic carbocycles. The van der Waals surface area contributed by atoms with Crippen molar-refractivity contribution in [2.75, 3.05) is 18.9 Å². The van der Waals surface area contributed by atoms with Crippen LogP contribution in [0.4, 0.5) is 10.1 Å². The van der Waals surface area contributed by atoms with E-state index >= 15 is 0 Å². The van der Waals surface area contributed by atoms with Gasteiger partial charge in [0.05, 0.1) is 21.8 Å². The molecule has 1 fully saturated rings. The Morgan fingerprint density at radius 1 is 1.60 bits per heavy atom. The fourth-order valence-electron chi connectivity index (χ4n) is 2.22. The fraction of sp³-hybridized carbons (Fsp3) is 0.455. The van der Waals surface area contributed by atoms with Crippen LogP contribution in [-0.2, 0) is 10.0 Å². The largest absolute Gasteiger partial charge is 0.395 e. The lowest BCUT2D eigenvalue weighted by Crippen LogP contribution is -2.38. The normalized spacial score (nSPS) is 20.5. The molecule has 9 heteroatoms. The topological polar surface area (TPSA) is 83.6 Å². The molecule has 0 amide bonds. The number of rotatable bonds is 3. The Kier molecular flexibility index (Phi) is 4.60. The molecule has 0 aromatic heterocycles. The number of aliphatic hydroxyl groups excluding tert-OH is 1. The molecule has 0 unspecified atom stereocenters. The summed E-state index contributed by atoms with van der Waals surface area (Å²) in [6.07, 6.45) is 1.16. The predicted molar refractivity (Wildman–Crippen MR) is 77.5 cm³/mol. The second-order valence-corrected chi connectivity index (χ2v) is 7.55. The monoisotopic (exact) mass is 386 g/mol. The van der Waals surface area contributed by atoms with Crippen LogP contribution in [-0.4, -0.2) is 37.0 Å². The summed E-state index contributed by atoms with van der Waals surface area (Å²) >= 11 is 8.84. The van der Waals surface area contributed by atoms with Gasteiger partial charge in [-0.25, -0.2) is 12.8 Å². The molecule has 5 nitrogen and oxygen atoms in total. The van der Waals surface area contributed by atoms with Gasteiger partial charge in [0.2, 0.25) is 10.0 Å². The van der Waals surface area contributed by atoms with E-state index in [2.05, 4.69) is 15.9 Å². The molecule has 2 rings (SSSR count). The minimum absolute atomic E-state index is 0.0159. The van der Waals surface area contributed by atoms with Gasteiger partial charge < -0.3 is 10.8 Å². The van der Waals surface area contributed by atoms with Crippen LogP contribution in [0.5, 0.6) is 0 Å². The van der Waals surface area contributed by atoms with E-state index in [1.807, 2.05) is 0 Å². The molecule has 0 radical (unpaired) electrons. The van der Waals surface area contributed by atoms with Crippen LogP contribution < -0.4 is 5.73 Å². The number of aliphatic hydroxyl groups is 1. The summed E-state index contributed by atoms with van der Waals surface area (Å²) in [6.45, 7) is -0.0683. The molecule has 0 spiro atoms. The first-order chi connectivity index (χ1) is 9.30. The Balaban J connectivity index is 2.56. The highest BCUT2D eigenvalue weighted by molar-refractivity contribution is 9.10. The molecule has 20 heavy (non-hydrogen) atoms. The zero-order valence-corrected chi connectivity index (χ0v) is 13.5. The third-order valence-electron chi connectivity index (χ3n) is 3.28. The SMILES string of the molecule is Nc1c(F)c(S(=O)(=O)N2CCC[C@H]2CO)cc(Cl)c1Br. The van der Waals surface area contributed by atoms with Gasteiger partial charge >= 0.3 is 0 Å². The van der Waals surface area contributed by atoms with Crippen molar-refractivity contribution in [1.29, 1.82) is 0 Å². The van der Waals surface area contributed by atoms with Crippen LogP contribution in [0.2, 0.25) is 5.02 Å². The van der Waals surface area contributed by atoms with Gasteiger partial charge in [-0.15, -0.1) is 0 Å². The van der Waals surface area contributed by atoms with Crippen LogP contribution in [0, 0.1) is 5.82 Å². The van der Waals surface area contributed by atoms with Gasteiger partial charge in [0.1, 0.15) is 4.90 Å². The molecule has 3 N–H and O–H groups in total. The van der Waals surface area contributed by atoms with E-state index in [1.165, 1.54) is 0 Å². The van der Waals surface area contributed by atoms with E-state index in [1.54, 1.807) is 0 Å². The molecule has 1 saturated heterocycles. The van der Waals surface area contributed by atoms with Crippen LogP contribution in [0.3, 0.4) is 0 Å². The van der Waals surface area contributed by atoms with Gasteiger partial charge in [-0.2, -0.15) is 4.31 Å². The van der Waals surface area contributed by atoms with E-state index in [0.717, 1.165) is 10.4 Å². The Morgan fingerprint density at radius 3 is 2.85 bits per heavy atom. The highest BCUT2D eigenvalue weighted by atomic mass is 79.9. The maximum atomic E-state index is 14.1. The first kappa shape index (κ1) is 16.0. The number of nitrogen functional groups attached to an aromatic ring is 1. The molecule has 1 aliphatic heterocycles. The zero-order chi connectivity index (χ0) is 15.1. The second kappa shape index (κ2) is 5.76. The van der Waals surface area contributed by atoms with E-state index in [-0.39, 0.29) is 28.3 Å². The summed E-state index contributed by atoms with van der Waals surface area (Å²) in [6, 6.07) is 0.488. The summed E-state index contributed by atoms with van der Waals surface area (Å²) in [5.41, 5.74) is 5.16. The van der Waals surface area contributed by atoms with Gasteiger partial charge in [-0.3, -0.25) is 0 Å². The highest BCUT2D eigenvalue weighted by Crippen LogP contribution is 2.37. The lowest BCUT2D eigenvalue weighted by atomic mass is 10.2. The van der Waals surface area contributed by atoms with Crippen molar-refractivity contribution in [1.82, 2.24) is 4.31 Å². The number of hydrogen-bond donors (Lipinski definition) is 2. The molecular formula is C11H13BrClFN2O3S. The summed E-state index contributed by atoms with van der Waals surface area (Å²) in [5, 5.41) is 9.23. The molecule has 0 bridgehead atoms. The standard InChI is InChI=1S/C11H13BrClFN2O3S/c12-9-7(13)4-8(10(14)11(9)15)20(18,19)16-3-1-2-6(16)5-17/h4,6,17H,1-3,5,15H2/t6-/m0/s1. The predicted octanol–water partition coefficient (Wildman–Crippen LogP) is 1.97. The molecule has 0 saturated carbocycles. The number of benzene rings is 1. The van der Waals surface area contributed by atoms with Crippen molar-refractivity contribution in [3.8, 4) is 0 Å². The maximum absolute atomic E-state index is 14.1. The third kappa shape index (κ3) is 2.55. The Morgan fingerprint density at radius 2 is 2.25 bits per heavy atom. The third-order valence-corrected chi connectivity index (χ3v) is 6.61. The summed E-state index contributed by atoms with van der Waals surface area (Å²) in [4.78, 5) is -0.566. The van der Waals surface area contributed by atoms with Crippen molar-refractivity contribution >= 4 is 43.2 Å². The smallest absolute Gasteiger partial charge is 0.246 e. The quantitative estimate of drug-likeness (QED) is 0.613. The zero-order valence-electron chi connectivity index (χ0n) is 10.3. The first-order valence-corrected chi connectivity index (χ1v) is 8.47. The van der Waals surface area contributed by atoms with Crippen molar-refractivity contribution in [2.45, 2.75) is 23.8 Å². The number of halogens is 3. The lowest BCUT2D eigenvalue weighted by Gasteiger charge is -2.23. The summed E-state index contributed by atoms with van der Waals surface area (Å²) in [7, 11) is -4.08. The Hall–Kier alpha value is -0.410. The number of hydrogen-bond acceptors (Lipinski definition) is 4. The van der Waals surface area contributed by atoms with Gasteiger partial charge in [-0.05, 0) is 34.8 Å². The average molecular weight is 388 g/mol. The van der Waals surface area contributed by atoms with Crippen LogP contribution >= 0.6 is 27.5 Å². The average Bonchev–Trinajstić information content (AvgIpc) is 2.89.